The fraction of sp³-hybridized carbons (Fsp3) is 0.150. The summed E-state index contributed by atoms with van der Waals surface area (Å²) in [6.07, 6.45) is 14.3. The molecule has 26 heavy (non-hydrogen) atoms. The van der Waals surface area contributed by atoms with Gasteiger partial charge in [-0.05, 0) is 53.5 Å². The average Bonchev–Trinajstić information content (AvgIpc) is 2.66. The highest BCUT2D eigenvalue weighted by atomic mass is 15.1. The Labute approximate surface area is 153 Å². The van der Waals surface area contributed by atoms with Crippen LogP contribution in [-0.2, 0) is 0 Å². The van der Waals surface area contributed by atoms with E-state index in [9.17, 15) is 0 Å². The van der Waals surface area contributed by atoms with E-state index in [2.05, 4.69) is 20.6 Å². The van der Waals surface area contributed by atoms with Crippen LogP contribution in [0.3, 0.4) is 0 Å². The molecule has 0 saturated carbocycles. The molecule has 2 aliphatic heterocycles. The Morgan fingerprint density at radius 1 is 1.27 bits per heavy atom. The standard InChI is InChI=1S/C20H22N6/c1-13(2)15(12-21)11-18(22)25-19-4-3-17-20(26-19)16(7-10-24-17)14-5-8-23-9-6-14/h3-13,21,24,26H,1-2H3,(H2,22,25). The number of nitrogens with two attached hydrogens (primary N) is 1. The van der Waals surface area contributed by atoms with E-state index in [1.807, 2.05) is 50.4 Å². The molecule has 2 aliphatic rings. The van der Waals surface area contributed by atoms with Crippen LogP contribution in [0.4, 0.5) is 0 Å². The number of aromatic nitrogens is 1. The largest absolute Gasteiger partial charge is 0.384 e. The quantitative estimate of drug-likeness (QED) is 0.487. The Hall–Kier alpha value is -3.41. The zero-order valence-electron chi connectivity index (χ0n) is 14.8. The number of pyridine rings is 1. The molecule has 6 nitrogen and oxygen atoms in total. The van der Waals surface area contributed by atoms with Crippen molar-refractivity contribution in [2.45, 2.75) is 13.8 Å². The van der Waals surface area contributed by atoms with Crippen molar-refractivity contribution in [1.82, 2.24) is 15.6 Å². The van der Waals surface area contributed by atoms with Gasteiger partial charge in [-0.15, -0.1) is 0 Å². The lowest BCUT2D eigenvalue weighted by Crippen LogP contribution is -2.27. The van der Waals surface area contributed by atoms with Gasteiger partial charge < -0.3 is 21.8 Å². The van der Waals surface area contributed by atoms with Crippen LogP contribution in [0, 0.1) is 11.3 Å². The fourth-order valence-corrected chi connectivity index (χ4v) is 2.67. The third kappa shape index (κ3) is 3.80. The predicted molar refractivity (Wildman–Crippen MR) is 106 cm³/mol. The number of hydrogen-bond acceptors (Lipinski definition) is 5. The van der Waals surface area contributed by atoms with Crippen LogP contribution < -0.4 is 16.4 Å². The van der Waals surface area contributed by atoms with Gasteiger partial charge in [-0.25, -0.2) is 4.99 Å². The lowest BCUT2D eigenvalue weighted by molar-refractivity contribution is 0.806. The van der Waals surface area contributed by atoms with Crippen molar-refractivity contribution in [3.8, 4) is 0 Å². The van der Waals surface area contributed by atoms with Crippen LogP contribution in [0.25, 0.3) is 5.57 Å². The Morgan fingerprint density at radius 3 is 2.73 bits per heavy atom. The van der Waals surface area contributed by atoms with Gasteiger partial charge in [0.1, 0.15) is 11.7 Å². The number of nitrogens with zero attached hydrogens (tertiary/aromatic N) is 2. The van der Waals surface area contributed by atoms with Crippen LogP contribution in [0.15, 0.2) is 82.8 Å². The molecule has 0 aliphatic carbocycles. The molecule has 0 spiro atoms. The molecule has 3 rings (SSSR count). The first-order valence-electron chi connectivity index (χ1n) is 8.42. The minimum Gasteiger partial charge on any atom is -0.384 e. The van der Waals surface area contributed by atoms with E-state index in [0.29, 0.717) is 11.7 Å². The Bertz CT molecular complexity index is 882. The summed E-state index contributed by atoms with van der Waals surface area (Å²) in [6.45, 7) is 4.03. The Morgan fingerprint density at radius 2 is 2.04 bits per heavy atom. The normalized spacial score (nSPS) is 17.2. The smallest absolute Gasteiger partial charge is 0.132 e. The molecular formula is C20H22N6. The fourth-order valence-electron chi connectivity index (χ4n) is 2.67. The van der Waals surface area contributed by atoms with Crippen molar-refractivity contribution >= 4 is 17.6 Å². The van der Waals surface area contributed by atoms with E-state index in [0.717, 1.165) is 28.1 Å². The average molecular weight is 346 g/mol. The molecule has 0 fully saturated rings. The number of amidine groups is 1. The molecule has 1 aromatic heterocycles. The van der Waals surface area contributed by atoms with E-state index in [1.165, 1.54) is 6.21 Å². The van der Waals surface area contributed by atoms with Gasteiger partial charge in [-0.2, -0.15) is 0 Å². The maximum atomic E-state index is 7.47. The molecule has 0 atom stereocenters. The van der Waals surface area contributed by atoms with E-state index >= 15 is 0 Å². The van der Waals surface area contributed by atoms with Crippen molar-refractivity contribution in [1.29, 1.82) is 5.41 Å². The van der Waals surface area contributed by atoms with Gasteiger partial charge in [-0.3, -0.25) is 4.98 Å². The van der Waals surface area contributed by atoms with Gasteiger partial charge in [0.2, 0.25) is 0 Å². The number of nitrogens with one attached hydrogen (secondary N) is 3. The molecule has 0 amide bonds. The van der Waals surface area contributed by atoms with Gasteiger partial charge in [0.15, 0.2) is 0 Å². The third-order valence-corrected chi connectivity index (χ3v) is 4.08. The maximum Gasteiger partial charge on any atom is 0.132 e. The first-order chi connectivity index (χ1) is 12.6. The molecule has 1 aromatic rings. The second-order valence-electron chi connectivity index (χ2n) is 6.24. The number of fused-ring (bicyclic) bond motifs is 1. The number of dihydropyridines is 2. The monoisotopic (exact) mass is 346 g/mol. The maximum absolute atomic E-state index is 7.47. The minimum absolute atomic E-state index is 0.217. The van der Waals surface area contributed by atoms with Crippen LogP contribution in [0.5, 0.6) is 0 Å². The summed E-state index contributed by atoms with van der Waals surface area (Å²) in [7, 11) is 0. The molecule has 3 heterocycles. The van der Waals surface area contributed by atoms with Crippen molar-refractivity contribution in [3.05, 3.63) is 83.4 Å². The Kier molecular flexibility index (Phi) is 5.12. The highest BCUT2D eigenvalue weighted by Crippen LogP contribution is 2.27. The third-order valence-electron chi connectivity index (χ3n) is 4.08. The van der Waals surface area contributed by atoms with Gasteiger partial charge in [-0.1, -0.05) is 13.8 Å². The SMILES string of the molecule is CC(C)C(C=N)=CC(N)=NC1=CC=C2NC=CC(c3ccncc3)=C2N1. The van der Waals surface area contributed by atoms with Gasteiger partial charge in [0, 0.05) is 30.4 Å². The summed E-state index contributed by atoms with van der Waals surface area (Å²) in [5, 5.41) is 14.0. The topological polar surface area (TPSA) is 99.2 Å². The minimum atomic E-state index is 0.217. The van der Waals surface area contributed by atoms with Gasteiger partial charge >= 0.3 is 0 Å². The van der Waals surface area contributed by atoms with Gasteiger partial charge in [0.05, 0.1) is 11.4 Å². The molecule has 6 heteroatoms. The molecule has 132 valence electrons. The highest BCUT2D eigenvalue weighted by molar-refractivity contribution is 5.97. The number of hydrogen-bond donors (Lipinski definition) is 4. The zero-order chi connectivity index (χ0) is 18.5. The number of aliphatic imine (C=N–C) groups is 1. The number of allylic oxidation sites excluding steroid dienone is 5. The molecule has 0 unspecified atom stereocenters. The zero-order valence-corrected chi connectivity index (χ0v) is 14.8. The first kappa shape index (κ1) is 17.4. The van der Waals surface area contributed by atoms with E-state index < -0.39 is 0 Å². The van der Waals surface area contributed by atoms with Crippen molar-refractivity contribution < 1.29 is 0 Å². The first-order valence-corrected chi connectivity index (χ1v) is 8.42. The van der Waals surface area contributed by atoms with Crippen LogP contribution in [0.1, 0.15) is 19.4 Å². The van der Waals surface area contributed by atoms with Crippen LogP contribution >= 0.6 is 0 Å². The molecule has 5 N–H and O–H groups in total. The van der Waals surface area contributed by atoms with E-state index in [1.54, 1.807) is 18.5 Å². The molecule has 0 bridgehead atoms. The molecular weight excluding hydrogens is 324 g/mol. The van der Waals surface area contributed by atoms with Crippen molar-refractivity contribution in [2.75, 3.05) is 0 Å². The molecule has 0 radical (unpaired) electrons. The van der Waals surface area contributed by atoms with Crippen molar-refractivity contribution in [2.24, 2.45) is 16.6 Å². The predicted octanol–water partition coefficient (Wildman–Crippen LogP) is 2.83. The second-order valence-corrected chi connectivity index (χ2v) is 6.24. The van der Waals surface area contributed by atoms with Crippen molar-refractivity contribution in [3.63, 3.8) is 0 Å². The summed E-state index contributed by atoms with van der Waals surface area (Å²) in [6, 6.07) is 3.93. The summed E-state index contributed by atoms with van der Waals surface area (Å²) < 4.78 is 0. The van der Waals surface area contributed by atoms with E-state index in [-0.39, 0.29) is 5.92 Å². The molecule has 0 aromatic carbocycles. The van der Waals surface area contributed by atoms with Crippen LogP contribution in [-0.4, -0.2) is 17.0 Å². The van der Waals surface area contributed by atoms with Gasteiger partial charge in [0.25, 0.3) is 0 Å². The number of rotatable bonds is 5. The summed E-state index contributed by atoms with van der Waals surface area (Å²) in [5.74, 6) is 1.22. The van der Waals surface area contributed by atoms with Crippen LogP contribution in [0.2, 0.25) is 0 Å². The summed E-state index contributed by atoms with van der Waals surface area (Å²) in [4.78, 5) is 8.52. The Balaban J connectivity index is 1.92. The second kappa shape index (κ2) is 7.65. The summed E-state index contributed by atoms with van der Waals surface area (Å²) in [5.41, 5.74) is 10.9. The lowest BCUT2D eigenvalue weighted by Gasteiger charge is -2.24. The lowest BCUT2D eigenvalue weighted by atomic mass is 9.99. The molecule has 0 saturated heterocycles. The highest BCUT2D eigenvalue weighted by Gasteiger charge is 2.18. The van der Waals surface area contributed by atoms with E-state index in [4.69, 9.17) is 11.1 Å². The summed E-state index contributed by atoms with van der Waals surface area (Å²) >= 11 is 0.